The molecule has 84 valence electrons. The molecule has 0 saturated heterocycles. The molecule has 0 aliphatic carbocycles. The van der Waals surface area contributed by atoms with E-state index >= 15 is 0 Å². The predicted molar refractivity (Wildman–Crippen MR) is 57.1 cm³/mol. The Bertz CT molecular complexity index is 151. The van der Waals surface area contributed by atoms with Gasteiger partial charge in [0.1, 0.15) is 0 Å². The first kappa shape index (κ1) is 13.4. The van der Waals surface area contributed by atoms with Gasteiger partial charge in [0.05, 0.1) is 6.10 Å². The fourth-order valence-electron chi connectivity index (χ4n) is 1.20. The molecular weight excluding hydrogens is 180 g/mol. The normalized spacial score (nSPS) is 12.5. The summed E-state index contributed by atoms with van der Waals surface area (Å²) in [6.07, 6.45) is 2.95. The summed E-state index contributed by atoms with van der Waals surface area (Å²) in [5.41, 5.74) is 0. The quantitative estimate of drug-likeness (QED) is 0.495. The average Bonchev–Trinajstić information content (AvgIpc) is 2.17. The lowest BCUT2D eigenvalue weighted by Crippen LogP contribution is -2.28. The van der Waals surface area contributed by atoms with Crippen LogP contribution in [-0.2, 0) is 4.79 Å². The smallest absolute Gasteiger partial charge is 0.219 e. The van der Waals surface area contributed by atoms with Gasteiger partial charge in [-0.15, -0.1) is 0 Å². The molecule has 0 spiro atoms. The average molecular weight is 202 g/mol. The van der Waals surface area contributed by atoms with Crippen molar-refractivity contribution in [2.24, 2.45) is 0 Å². The molecule has 1 atom stereocenters. The Balaban J connectivity index is 3.17. The number of carbonyl (C=O) groups is 1. The molecule has 1 unspecified atom stereocenters. The number of carbonyl (C=O) groups excluding carboxylic acids is 1. The third-order valence-electron chi connectivity index (χ3n) is 2.04. The van der Waals surface area contributed by atoms with Gasteiger partial charge in [-0.2, -0.15) is 0 Å². The monoisotopic (exact) mass is 202 g/mol. The highest BCUT2D eigenvalue weighted by molar-refractivity contribution is 5.75. The molecule has 0 aromatic heterocycles. The van der Waals surface area contributed by atoms with Gasteiger partial charge in [0, 0.05) is 20.0 Å². The molecule has 0 aliphatic rings. The maximum absolute atomic E-state index is 10.8. The fraction of sp³-hybridized carbons (Fsp3) is 0.900. The first-order valence-electron chi connectivity index (χ1n) is 5.30. The van der Waals surface area contributed by atoms with Crippen molar-refractivity contribution in [1.82, 2.24) is 10.6 Å². The Morgan fingerprint density at radius 1 is 1.50 bits per heavy atom. The van der Waals surface area contributed by atoms with Gasteiger partial charge in [0.2, 0.25) is 5.91 Å². The largest absolute Gasteiger partial charge is 0.392 e. The van der Waals surface area contributed by atoms with Crippen molar-refractivity contribution in [2.75, 3.05) is 20.1 Å². The molecular formula is C10H22N2O2. The second kappa shape index (κ2) is 8.97. The maximum Gasteiger partial charge on any atom is 0.219 e. The van der Waals surface area contributed by atoms with Crippen LogP contribution in [0.5, 0.6) is 0 Å². The summed E-state index contributed by atoms with van der Waals surface area (Å²) < 4.78 is 0. The molecule has 14 heavy (non-hydrogen) atoms. The minimum Gasteiger partial charge on any atom is -0.392 e. The SMILES string of the molecule is CCCC(O)CNCCCC(=O)NC. The lowest BCUT2D eigenvalue weighted by Gasteiger charge is -2.09. The number of aliphatic hydroxyl groups excluding tert-OH is 1. The van der Waals surface area contributed by atoms with Crippen LogP contribution in [0.3, 0.4) is 0 Å². The van der Waals surface area contributed by atoms with Crippen molar-refractivity contribution >= 4 is 5.91 Å². The molecule has 0 saturated carbocycles. The van der Waals surface area contributed by atoms with Crippen LogP contribution in [0.4, 0.5) is 0 Å². The van der Waals surface area contributed by atoms with E-state index in [9.17, 15) is 9.90 Å². The third kappa shape index (κ3) is 8.01. The summed E-state index contributed by atoms with van der Waals surface area (Å²) in [5, 5.41) is 15.1. The number of nitrogens with one attached hydrogen (secondary N) is 2. The summed E-state index contributed by atoms with van der Waals surface area (Å²) >= 11 is 0. The van der Waals surface area contributed by atoms with E-state index in [1.54, 1.807) is 7.05 Å². The predicted octanol–water partition coefficient (Wildman–Crippen LogP) is 0.263. The topological polar surface area (TPSA) is 61.4 Å². The van der Waals surface area contributed by atoms with Gasteiger partial charge in [-0.25, -0.2) is 0 Å². The Hall–Kier alpha value is -0.610. The summed E-state index contributed by atoms with van der Waals surface area (Å²) in [7, 11) is 1.64. The summed E-state index contributed by atoms with van der Waals surface area (Å²) in [6.45, 7) is 3.46. The lowest BCUT2D eigenvalue weighted by atomic mass is 10.2. The minimum absolute atomic E-state index is 0.0703. The van der Waals surface area contributed by atoms with Crippen LogP contribution in [0.2, 0.25) is 0 Å². The zero-order valence-corrected chi connectivity index (χ0v) is 9.18. The zero-order valence-electron chi connectivity index (χ0n) is 9.18. The standard InChI is InChI=1S/C10H22N2O2/c1-3-5-9(13)8-12-7-4-6-10(14)11-2/h9,12-13H,3-8H2,1-2H3,(H,11,14). The Morgan fingerprint density at radius 2 is 2.21 bits per heavy atom. The van der Waals surface area contributed by atoms with Crippen molar-refractivity contribution in [3.8, 4) is 0 Å². The summed E-state index contributed by atoms with van der Waals surface area (Å²) in [4.78, 5) is 10.8. The highest BCUT2D eigenvalue weighted by atomic mass is 16.3. The van der Waals surface area contributed by atoms with Crippen LogP contribution in [0.25, 0.3) is 0 Å². The van der Waals surface area contributed by atoms with Gasteiger partial charge in [0.25, 0.3) is 0 Å². The molecule has 0 heterocycles. The van der Waals surface area contributed by atoms with E-state index in [4.69, 9.17) is 0 Å². The Kier molecular flexibility index (Phi) is 8.57. The molecule has 0 aromatic carbocycles. The van der Waals surface area contributed by atoms with Crippen LogP contribution in [0.15, 0.2) is 0 Å². The minimum atomic E-state index is -0.250. The Morgan fingerprint density at radius 3 is 2.79 bits per heavy atom. The zero-order chi connectivity index (χ0) is 10.8. The molecule has 0 bridgehead atoms. The number of aliphatic hydroxyl groups is 1. The van der Waals surface area contributed by atoms with E-state index in [0.29, 0.717) is 13.0 Å². The second-order valence-electron chi connectivity index (χ2n) is 3.42. The van der Waals surface area contributed by atoms with Gasteiger partial charge in [-0.3, -0.25) is 4.79 Å². The van der Waals surface area contributed by atoms with E-state index in [-0.39, 0.29) is 12.0 Å². The molecule has 1 amide bonds. The molecule has 3 N–H and O–H groups in total. The lowest BCUT2D eigenvalue weighted by molar-refractivity contribution is -0.120. The van der Waals surface area contributed by atoms with Crippen LogP contribution in [0, 0.1) is 0 Å². The molecule has 0 aromatic rings. The van der Waals surface area contributed by atoms with Crippen LogP contribution >= 0.6 is 0 Å². The Labute approximate surface area is 86.1 Å². The van der Waals surface area contributed by atoms with Crippen molar-refractivity contribution < 1.29 is 9.90 Å². The van der Waals surface area contributed by atoms with E-state index in [1.165, 1.54) is 0 Å². The molecule has 0 radical (unpaired) electrons. The van der Waals surface area contributed by atoms with Gasteiger partial charge in [-0.05, 0) is 19.4 Å². The number of hydrogen-bond donors (Lipinski definition) is 3. The fourth-order valence-corrected chi connectivity index (χ4v) is 1.20. The first-order chi connectivity index (χ1) is 6.70. The summed E-state index contributed by atoms with van der Waals surface area (Å²) in [5.74, 6) is 0.0703. The van der Waals surface area contributed by atoms with E-state index in [1.807, 2.05) is 0 Å². The third-order valence-corrected chi connectivity index (χ3v) is 2.04. The van der Waals surface area contributed by atoms with Gasteiger partial charge in [-0.1, -0.05) is 13.3 Å². The molecule has 0 rings (SSSR count). The molecule has 0 aliphatic heterocycles. The van der Waals surface area contributed by atoms with Crippen LogP contribution in [0.1, 0.15) is 32.6 Å². The molecule has 0 fully saturated rings. The van der Waals surface area contributed by atoms with E-state index in [0.717, 1.165) is 25.8 Å². The van der Waals surface area contributed by atoms with Gasteiger partial charge >= 0.3 is 0 Å². The maximum atomic E-state index is 10.8. The van der Waals surface area contributed by atoms with Crippen LogP contribution < -0.4 is 10.6 Å². The summed E-state index contributed by atoms with van der Waals surface area (Å²) in [6, 6.07) is 0. The highest BCUT2D eigenvalue weighted by Gasteiger charge is 2.01. The van der Waals surface area contributed by atoms with E-state index < -0.39 is 0 Å². The number of hydrogen-bond acceptors (Lipinski definition) is 3. The van der Waals surface area contributed by atoms with Crippen LogP contribution in [-0.4, -0.2) is 37.3 Å². The molecule has 4 heteroatoms. The second-order valence-corrected chi connectivity index (χ2v) is 3.42. The molecule has 4 nitrogen and oxygen atoms in total. The van der Waals surface area contributed by atoms with Gasteiger partial charge in [0.15, 0.2) is 0 Å². The number of amides is 1. The van der Waals surface area contributed by atoms with E-state index in [2.05, 4.69) is 17.6 Å². The first-order valence-corrected chi connectivity index (χ1v) is 5.30. The van der Waals surface area contributed by atoms with Crippen molar-refractivity contribution in [3.05, 3.63) is 0 Å². The van der Waals surface area contributed by atoms with Crippen molar-refractivity contribution in [1.29, 1.82) is 0 Å². The number of rotatable bonds is 8. The van der Waals surface area contributed by atoms with Crippen molar-refractivity contribution in [3.63, 3.8) is 0 Å². The van der Waals surface area contributed by atoms with Crippen molar-refractivity contribution in [2.45, 2.75) is 38.7 Å². The van der Waals surface area contributed by atoms with Gasteiger partial charge < -0.3 is 15.7 Å². The highest BCUT2D eigenvalue weighted by Crippen LogP contribution is 1.94.